The molecule has 176 valence electrons. The van der Waals surface area contributed by atoms with Gasteiger partial charge in [-0.2, -0.15) is 5.26 Å². The van der Waals surface area contributed by atoms with Crippen LogP contribution in [0.3, 0.4) is 0 Å². The minimum absolute atomic E-state index is 0.217. The van der Waals surface area contributed by atoms with Crippen molar-refractivity contribution in [3.8, 4) is 11.8 Å². The largest absolute Gasteiger partial charge is 0.482 e. The predicted octanol–water partition coefficient (Wildman–Crippen LogP) is 2.60. The molecule has 2 unspecified atom stereocenters. The van der Waals surface area contributed by atoms with Gasteiger partial charge in [0, 0.05) is 36.0 Å². The number of hydrogen-bond acceptors (Lipinski definition) is 6. The van der Waals surface area contributed by atoms with Crippen molar-refractivity contribution in [1.29, 1.82) is 5.26 Å². The molecule has 2 N–H and O–H groups in total. The smallest absolute Gasteiger partial charge is 0.268 e. The molecule has 1 saturated heterocycles. The van der Waals surface area contributed by atoms with E-state index in [2.05, 4.69) is 15.6 Å². The van der Waals surface area contributed by atoms with E-state index in [9.17, 15) is 22.8 Å². The number of fused-ring (bicyclic) bond motifs is 1. The van der Waals surface area contributed by atoms with Gasteiger partial charge in [0.25, 0.3) is 11.8 Å². The molecular formula is C23H20F3N5O3. The third kappa shape index (κ3) is 5.11. The fraction of sp³-hybridized carbons (Fsp3) is 0.304. The number of rotatable bonds is 5. The van der Waals surface area contributed by atoms with E-state index < -0.39 is 49.4 Å². The highest BCUT2D eigenvalue weighted by Gasteiger charge is 2.47. The van der Waals surface area contributed by atoms with E-state index in [4.69, 9.17) is 10.00 Å². The van der Waals surface area contributed by atoms with Gasteiger partial charge in [-0.1, -0.05) is 6.08 Å². The Balaban J connectivity index is 1.39. The van der Waals surface area contributed by atoms with E-state index in [1.54, 1.807) is 18.2 Å². The lowest BCUT2D eigenvalue weighted by atomic mass is 10.1. The zero-order chi connectivity index (χ0) is 24.3. The van der Waals surface area contributed by atoms with Crippen molar-refractivity contribution in [2.45, 2.75) is 24.5 Å². The summed E-state index contributed by atoms with van der Waals surface area (Å²) in [7, 11) is 0. The highest BCUT2D eigenvalue weighted by Crippen LogP contribution is 2.32. The summed E-state index contributed by atoms with van der Waals surface area (Å²) in [5.41, 5.74) is 1.21. The number of halogens is 3. The zero-order valence-electron chi connectivity index (χ0n) is 17.8. The fourth-order valence-corrected chi connectivity index (χ4v) is 3.77. The Morgan fingerprint density at radius 2 is 2.21 bits per heavy atom. The van der Waals surface area contributed by atoms with Crippen LogP contribution in [0.2, 0.25) is 0 Å². The Morgan fingerprint density at radius 1 is 1.38 bits per heavy atom. The molecule has 0 aliphatic carbocycles. The van der Waals surface area contributed by atoms with E-state index in [0.29, 0.717) is 23.5 Å². The monoisotopic (exact) mass is 471 g/mol. The van der Waals surface area contributed by atoms with Crippen molar-refractivity contribution >= 4 is 23.6 Å². The molecule has 3 heterocycles. The van der Waals surface area contributed by atoms with Gasteiger partial charge in [-0.25, -0.2) is 13.2 Å². The van der Waals surface area contributed by atoms with Crippen LogP contribution in [0.1, 0.15) is 22.3 Å². The van der Waals surface area contributed by atoms with Crippen LogP contribution in [-0.4, -0.2) is 59.4 Å². The minimum Gasteiger partial charge on any atom is -0.482 e. The van der Waals surface area contributed by atoms with Crippen molar-refractivity contribution in [3.63, 3.8) is 0 Å². The number of hydrogen-bond donors (Lipinski definition) is 2. The molecule has 1 aromatic heterocycles. The lowest BCUT2D eigenvalue weighted by Crippen LogP contribution is -2.43. The fourth-order valence-electron chi connectivity index (χ4n) is 3.77. The number of aromatic nitrogens is 1. The van der Waals surface area contributed by atoms with Crippen LogP contribution in [0.4, 0.5) is 18.9 Å². The highest BCUT2D eigenvalue weighted by molar-refractivity contribution is 5.99. The van der Waals surface area contributed by atoms with Gasteiger partial charge < -0.3 is 20.3 Å². The Morgan fingerprint density at radius 3 is 3.00 bits per heavy atom. The van der Waals surface area contributed by atoms with Gasteiger partial charge in [0.15, 0.2) is 0 Å². The van der Waals surface area contributed by atoms with Crippen molar-refractivity contribution in [1.82, 2.24) is 15.2 Å². The first-order valence-corrected chi connectivity index (χ1v) is 10.4. The number of amides is 2. The van der Waals surface area contributed by atoms with Gasteiger partial charge in [0.1, 0.15) is 23.7 Å². The molecule has 11 heteroatoms. The maximum atomic E-state index is 13.6. The lowest BCUT2D eigenvalue weighted by molar-refractivity contribution is -0.131. The van der Waals surface area contributed by atoms with Crippen LogP contribution in [0.15, 0.2) is 42.7 Å². The predicted molar refractivity (Wildman–Crippen MR) is 116 cm³/mol. The average Bonchev–Trinajstić information content (AvgIpc) is 3.15. The van der Waals surface area contributed by atoms with E-state index in [-0.39, 0.29) is 11.4 Å². The van der Waals surface area contributed by atoms with Crippen molar-refractivity contribution in [2.75, 3.05) is 25.0 Å². The number of nitriles is 1. The number of ether oxygens (including phenoxy) is 1. The molecule has 1 fully saturated rings. The van der Waals surface area contributed by atoms with Crippen molar-refractivity contribution < 1.29 is 27.5 Å². The molecule has 0 saturated carbocycles. The number of pyridine rings is 1. The molecule has 4 rings (SSSR count). The second-order valence-corrected chi connectivity index (χ2v) is 7.91. The summed E-state index contributed by atoms with van der Waals surface area (Å²) in [5, 5.41) is 14.5. The van der Waals surface area contributed by atoms with Crippen LogP contribution in [0.25, 0.3) is 6.08 Å². The van der Waals surface area contributed by atoms with Crippen molar-refractivity contribution in [2.24, 2.45) is 0 Å². The quantitative estimate of drug-likeness (QED) is 0.694. The zero-order valence-corrected chi connectivity index (χ0v) is 17.8. The van der Waals surface area contributed by atoms with Gasteiger partial charge in [0.05, 0.1) is 31.4 Å². The second-order valence-electron chi connectivity index (χ2n) is 7.91. The Kier molecular flexibility index (Phi) is 6.40. The number of likely N-dealkylation sites (tertiary alicyclic amines) is 1. The number of alkyl halides is 2. The molecule has 0 radical (unpaired) electrons. The van der Waals surface area contributed by atoms with Crippen LogP contribution >= 0.6 is 0 Å². The Hall–Kier alpha value is -4.07. The van der Waals surface area contributed by atoms with E-state index in [0.717, 1.165) is 4.90 Å². The number of nitrogens with one attached hydrogen (secondary N) is 2. The standard InChI is InChI=1S/C23H20F3N5O3/c24-15-2-4-20-19(7-15)29-11-17(34-20)3-1-14-10-28-6-5-18(14)22(33)30-12-21(32)31-13-23(25,26)8-16(31)9-27/h1-7,10,16-17,29H,8,11-13H2,(H,30,33)/b3-1+. The summed E-state index contributed by atoms with van der Waals surface area (Å²) >= 11 is 0. The molecule has 0 spiro atoms. The van der Waals surface area contributed by atoms with Gasteiger partial charge in [-0.3, -0.25) is 14.6 Å². The van der Waals surface area contributed by atoms with Gasteiger partial charge in [-0.15, -0.1) is 0 Å². The second kappa shape index (κ2) is 9.43. The van der Waals surface area contributed by atoms with Gasteiger partial charge >= 0.3 is 0 Å². The molecule has 2 aromatic rings. The first-order valence-electron chi connectivity index (χ1n) is 10.4. The molecule has 8 nitrogen and oxygen atoms in total. The summed E-state index contributed by atoms with van der Waals surface area (Å²) in [4.78, 5) is 29.8. The molecular weight excluding hydrogens is 451 g/mol. The number of nitrogens with zero attached hydrogens (tertiary/aromatic N) is 3. The summed E-state index contributed by atoms with van der Waals surface area (Å²) < 4.78 is 46.3. The normalized spacial score (nSPS) is 20.7. The molecule has 2 aliphatic heterocycles. The number of benzene rings is 1. The Labute approximate surface area is 193 Å². The molecule has 2 aliphatic rings. The first-order chi connectivity index (χ1) is 16.3. The summed E-state index contributed by atoms with van der Waals surface area (Å²) in [6, 6.07) is 6.07. The number of carbonyl (C=O) groups is 2. The van der Waals surface area contributed by atoms with Crippen molar-refractivity contribution in [3.05, 3.63) is 59.7 Å². The third-order valence-electron chi connectivity index (χ3n) is 5.44. The molecule has 34 heavy (non-hydrogen) atoms. The lowest BCUT2D eigenvalue weighted by Gasteiger charge is -2.25. The number of carbonyl (C=O) groups excluding carboxylic acids is 2. The summed E-state index contributed by atoms with van der Waals surface area (Å²) in [6.07, 6.45) is 5.10. The third-order valence-corrected chi connectivity index (χ3v) is 5.44. The van der Waals surface area contributed by atoms with E-state index in [1.807, 2.05) is 0 Å². The molecule has 1 aromatic carbocycles. The minimum atomic E-state index is -3.13. The van der Waals surface area contributed by atoms with Crippen LogP contribution < -0.4 is 15.4 Å². The maximum absolute atomic E-state index is 13.6. The Bertz CT molecular complexity index is 1180. The average molecular weight is 471 g/mol. The SMILES string of the molecule is N#CC1CC(F)(F)CN1C(=O)CNC(=O)c1ccncc1/C=C/C1CNc2cc(F)ccc2O1. The van der Waals surface area contributed by atoms with Crippen LogP contribution in [0.5, 0.6) is 5.75 Å². The van der Waals surface area contributed by atoms with Gasteiger partial charge in [-0.05, 0) is 24.3 Å². The molecule has 2 atom stereocenters. The van der Waals surface area contributed by atoms with E-state index in [1.165, 1.54) is 36.7 Å². The van der Waals surface area contributed by atoms with Crippen LogP contribution in [0, 0.1) is 17.1 Å². The topological polar surface area (TPSA) is 107 Å². The van der Waals surface area contributed by atoms with E-state index >= 15 is 0 Å². The molecule has 2 amide bonds. The summed E-state index contributed by atoms with van der Waals surface area (Å²) in [6.45, 7) is -1.00. The van der Waals surface area contributed by atoms with Gasteiger partial charge in [0.2, 0.25) is 5.91 Å². The number of anilines is 1. The summed E-state index contributed by atoms with van der Waals surface area (Å²) in [5.74, 6) is -4.38. The maximum Gasteiger partial charge on any atom is 0.268 e. The molecule has 0 bridgehead atoms. The first kappa shape index (κ1) is 23.1. The van der Waals surface area contributed by atoms with Crippen LogP contribution in [-0.2, 0) is 4.79 Å². The highest BCUT2D eigenvalue weighted by atomic mass is 19.3.